The molecule has 0 radical (unpaired) electrons. The minimum Gasteiger partial charge on any atom is -0.381 e. The molecule has 2 aliphatic rings. The topological polar surface area (TPSA) is 24.5 Å². The summed E-state index contributed by atoms with van der Waals surface area (Å²) in [4.78, 5) is 2.65. The number of hydrogen-bond donors (Lipinski definition) is 1. The molecule has 1 atom stereocenters. The molecule has 0 aromatic carbocycles. The maximum absolute atomic E-state index is 5.82. The summed E-state index contributed by atoms with van der Waals surface area (Å²) in [5.41, 5.74) is 0.524. The predicted octanol–water partition coefficient (Wildman–Crippen LogP) is 2.22. The summed E-state index contributed by atoms with van der Waals surface area (Å²) in [5.74, 6) is 2.59. The summed E-state index contributed by atoms with van der Waals surface area (Å²) in [7, 11) is 0. The maximum Gasteiger partial charge on any atom is 0.0546 e. The van der Waals surface area contributed by atoms with Gasteiger partial charge in [0.1, 0.15) is 0 Å². The molecule has 2 fully saturated rings. The lowest BCUT2D eigenvalue weighted by Crippen LogP contribution is -2.53. The predicted molar refractivity (Wildman–Crippen MR) is 84.0 cm³/mol. The Labute approximate surface area is 122 Å². The van der Waals surface area contributed by atoms with E-state index in [-0.39, 0.29) is 5.54 Å². The largest absolute Gasteiger partial charge is 0.381 e. The van der Waals surface area contributed by atoms with Crippen molar-refractivity contribution in [3.8, 4) is 0 Å². The molecule has 1 N–H and O–H groups in total. The van der Waals surface area contributed by atoms with Crippen LogP contribution >= 0.6 is 11.8 Å². The normalized spacial score (nSPS) is 30.5. The van der Waals surface area contributed by atoms with Gasteiger partial charge in [-0.05, 0) is 33.6 Å². The molecule has 19 heavy (non-hydrogen) atoms. The zero-order valence-corrected chi connectivity index (χ0v) is 13.7. The van der Waals surface area contributed by atoms with E-state index in [1.165, 1.54) is 44.0 Å². The summed E-state index contributed by atoms with van der Waals surface area (Å²) in [6.07, 6.45) is 2.52. The minimum absolute atomic E-state index is 0.197. The monoisotopic (exact) mass is 286 g/mol. The smallest absolute Gasteiger partial charge is 0.0546 e. The van der Waals surface area contributed by atoms with Crippen LogP contribution in [-0.2, 0) is 4.74 Å². The van der Waals surface area contributed by atoms with Crippen molar-refractivity contribution in [1.82, 2.24) is 10.2 Å². The Hall–Kier alpha value is 0.230. The number of thioether (sulfide) groups is 1. The number of hydrogen-bond acceptors (Lipinski definition) is 4. The van der Waals surface area contributed by atoms with E-state index < -0.39 is 0 Å². The fraction of sp³-hybridized carbons (Fsp3) is 1.00. The fourth-order valence-corrected chi connectivity index (χ4v) is 3.90. The molecule has 3 nitrogen and oxygen atoms in total. The quantitative estimate of drug-likeness (QED) is 0.856. The highest BCUT2D eigenvalue weighted by atomic mass is 32.2. The lowest BCUT2D eigenvalue weighted by Gasteiger charge is -2.43. The Morgan fingerprint density at radius 3 is 2.58 bits per heavy atom. The molecule has 2 aliphatic heterocycles. The van der Waals surface area contributed by atoms with Gasteiger partial charge in [-0.25, -0.2) is 0 Å². The lowest BCUT2D eigenvalue weighted by molar-refractivity contribution is -0.0274. The fourth-order valence-electron chi connectivity index (χ4n) is 2.92. The second-order valence-electron chi connectivity index (χ2n) is 7.15. The van der Waals surface area contributed by atoms with Crippen LogP contribution in [0.15, 0.2) is 0 Å². The number of nitrogens with one attached hydrogen (secondary N) is 1. The van der Waals surface area contributed by atoms with E-state index in [9.17, 15) is 0 Å². The number of ether oxygens (including phenoxy) is 1. The van der Waals surface area contributed by atoms with Gasteiger partial charge in [-0.15, -0.1) is 0 Å². The van der Waals surface area contributed by atoms with Gasteiger partial charge in [0.05, 0.1) is 6.61 Å². The second-order valence-corrected chi connectivity index (χ2v) is 8.37. The molecular formula is C15H30N2OS. The van der Waals surface area contributed by atoms with E-state index >= 15 is 0 Å². The van der Waals surface area contributed by atoms with Gasteiger partial charge in [-0.2, -0.15) is 11.8 Å². The highest BCUT2D eigenvalue weighted by molar-refractivity contribution is 7.99. The van der Waals surface area contributed by atoms with E-state index in [1.54, 1.807) is 0 Å². The van der Waals surface area contributed by atoms with Gasteiger partial charge < -0.3 is 15.0 Å². The molecular weight excluding hydrogens is 256 g/mol. The van der Waals surface area contributed by atoms with Crippen molar-refractivity contribution in [3.05, 3.63) is 0 Å². The van der Waals surface area contributed by atoms with Crippen LogP contribution in [0, 0.1) is 5.41 Å². The molecule has 0 aliphatic carbocycles. The average molecular weight is 286 g/mol. The van der Waals surface area contributed by atoms with Gasteiger partial charge >= 0.3 is 0 Å². The van der Waals surface area contributed by atoms with Crippen LogP contribution in [0.25, 0.3) is 0 Å². The van der Waals surface area contributed by atoms with Crippen LogP contribution in [0.3, 0.4) is 0 Å². The first-order valence-corrected chi connectivity index (χ1v) is 8.78. The van der Waals surface area contributed by atoms with Gasteiger partial charge in [0.25, 0.3) is 0 Å². The molecule has 1 unspecified atom stereocenters. The molecule has 0 saturated carbocycles. The lowest BCUT2D eigenvalue weighted by atomic mass is 9.81. The third-order valence-corrected chi connectivity index (χ3v) is 5.00. The molecule has 0 aromatic rings. The van der Waals surface area contributed by atoms with Gasteiger partial charge in [0.2, 0.25) is 0 Å². The Morgan fingerprint density at radius 2 is 2.00 bits per heavy atom. The Bertz CT molecular complexity index is 266. The Kier molecular flexibility index (Phi) is 5.58. The Morgan fingerprint density at radius 1 is 1.26 bits per heavy atom. The van der Waals surface area contributed by atoms with E-state index in [4.69, 9.17) is 4.74 Å². The molecule has 0 spiro atoms. The highest BCUT2D eigenvalue weighted by Crippen LogP contribution is 2.30. The summed E-state index contributed by atoms with van der Waals surface area (Å²) in [5, 5.41) is 3.71. The van der Waals surface area contributed by atoms with Crippen LogP contribution in [0.4, 0.5) is 0 Å². The van der Waals surface area contributed by atoms with Crippen molar-refractivity contribution in [1.29, 1.82) is 0 Å². The van der Waals surface area contributed by atoms with Crippen LogP contribution in [0.2, 0.25) is 0 Å². The molecule has 0 aromatic heterocycles. The maximum atomic E-state index is 5.82. The third kappa shape index (κ3) is 5.25. The molecule has 2 saturated heterocycles. The summed E-state index contributed by atoms with van der Waals surface area (Å²) in [6.45, 7) is 13.4. The van der Waals surface area contributed by atoms with Gasteiger partial charge in [-0.3, -0.25) is 0 Å². The summed E-state index contributed by atoms with van der Waals surface area (Å²) < 4.78 is 5.82. The third-order valence-electron chi connectivity index (χ3n) is 4.06. The van der Waals surface area contributed by atoms with E-state index in [0.29, 0.717) is 5.41 Å². The zero-order chi connectivity index (χ0) is 13.8. The minimum atomic E-state index is 0.197. The second kappa shape index (κ2) is 6.79. The first kappa shape index (κ1) is 15.6. The van der Waals surface area contributed by atoms with Gasteiger partial charge in [-0.1, -0.05) is 0 Å². The van der Waals surface area contributed by atoms with Crippen LogP contribution in [0.1, 0.15) is 33.6 Å². The van der Waals surface area contributed by atoms with E-state index in [0.717, 1.165) is 19.8 Å². The van der Waals surface area contributed by atoms with E-state index in [2.05, 4.69) is 42.7 Å². The van der Waals surface area contributed by atoms with Crippen molar-refractivity contribution < 1.29 is 4.74 Å². The highest BCUT2D eigenvalue weighted by Gasteiger charge is 2.35. The molecule has 2 rings (SSSR count). The van der Waals surface area contributed by atoms with E-state index in [1.807, 2.05) is 0 Å². The van der Waals surface area contributed by atoms with Crippen molar-refractivity contribution in [2.45, 2.75) is 39.2 Å². The van der Waals surface area contributed by atoms with Crippen molar-refractivity contribution in [2.24, 2.45) is 5.41 Å². The summed E-state index contributed by atoms with van der Waals surface area (Å²) >= 11 is 2.09. The molecule has 0 amide bonds. The van der Waals surface area contributed by atoms with Crippen LogP contribution in [-0.4, -0.2) is 61.3 Å². The Balaban J connectivity index is 1.93. The van der Waals surface area contributed by atoms with Crippen LogP contribution in [0.5, 0.6) is 0 Å². The van der Waals surface area contributed by atoms with Gasteiger partial charge in [0.15, 0.2) is 0 Å². The van der Waals surface area contributed by atoms with Crippen LogP contribution < -0.4 is 5.32 Å². The average Bonchev–Trinajstić information content (AvgIpc) is 2.38. The van der Waals surface area contributed by atoms with Crippen molar-refractivity contribution in [2.75, 3.05) is 50.9 Å². The standard InChI is InChI=1S/C15H30N2OS/c1-14(2,3)16-11-15(5-4-8-18-13-15)12-17-6-9-19-10-7-17/h16H,4-13H2,1-3H3. The number of rotatable bonds is 4. The van der Waals surface area contributed by atoms with Crippen molar-refractivity contribution >= 4 is 11.8 Å². The molecule has 4 heteroatoms. The van der Waals surface area contributed by atoms with Gasteiger partial charge in [0, 0.05) is 55.2 Å². The number of nitrogens with zero attached hydrogens (tertiary/aromatic N) is 1. The molecule has 112 valence electrons. The summed E-state index contributed by atoms with van der Waals surface area (Å²) in [6, 6.07) is 0. The molecule has 0 bridgehead atoms. The first-order chi connectivity index (χ1) is 8.99. The zero-order valence-electron chi connectivity index (χ0n) is 12.8. The molecule has 2 heterocycles. The van der Waals surface area contributed by atoms with Crippen molar-refractivity contribution in [3.63, 3.8) is 0 Å². The first-order valence-electron chi connectivity index (χ1n) is 7.62. The SMILES string of the molecule is CC(C)(C)NCC1(CN2CCSCC2)CCCOC1.